The van der Waals surface area contributed by atoms with Gasteiger partial charge < -0.3 is 82.7 Å². The predicted octanol–water partition coefficient (Wildman–Crippen LogP) is 11.1. The first-order valence-corrected chi connectivity index (χ1v) is 46.1. The third kappa shape index (κ3) is 20.8. The highest BCUT2D eigenvalue weighted by atomic mass is 19.4. The summed E-state index contributed by atoms with van der Waals surface area (Å²) >= 11 is 0. The molecule has 0 bridgehead atoms. The van der Waals surface area contributed by atoms with Gasteiger partial charge in [-0.1, -0.05) is 86.3 Å². The van der Waals surface area contributed by atoms with E-state index in [0.29, 0.717) is 140 Å². The molecule has 4 aromatic carbocycles. The number of rotatable bonds is 23. The molecule has 0 aliphatic carbocycles. The normalized spacial score (nSPS) is 21.6. The van der Waals surface area contributed by atoms with Gasteiger partial charge in [0, 0.05) is 148 Å². The Morgan fingerprint density at radius 1 is 0.515 bits per heavy atom. The van der Waals surface area contributed by atoms with Gasteiger partial charge in [-0.25, -0.2) is 13.1 Å². The van der Waals surface area contributed by atoms with Crippen molar-refractivity contribution in [3.63, 3.8) is 0 Å². The van der Waals surface area contributed by atoms with E-state index < -0.39 is 11.7 Å². The van der Waals surface area contributed by atoms with Crippen molar-refractivity contribution in [2.24, 2.45) is 0 Å². The number of nitrogens with one attached hydrogen (secondary N) is 1. The number of anilines is 6. The van der Waals surface area contributed by atoms with Crippen LogP contribution in [0.15, 0.2) is 123 Å². The highest BCUT2D eigenvalue weighted by Crippen LogP contribution is 2.43. The molecule has 0 radical (unpaired) electrons. The topological polar surface area (TPSA) is 260 Å². The van der Waals surface area contributed by atoms with Gasteiger partial charge in [0.25, 0.3) is 0 Å². The Balaban J connectivity index is 0.000000143. The van der Waals surface area contributed by atoms with Crippen molar-refractivity contribution in [3.8, 4) is 24.1 Å². The van der Waals surface area contributed by atoms with Gasteiger partial charge in [-0.15, -0.1) is 0 Å². The highest BCUT2D eigenvalue weighted by molar-refractivity contribution is 5.95. The van der Waals surface area contributed by atoms with Crippen LogP contribution in [-0.4, -0.2) is 300 Å². The van der Waals surface area contributed by atoms with Crippen molar-refractivity contribution in [1.82, 2.24) is 74.4 Å². The van der Waals surface area contributed by atoms with E-state index in [0.717, 1.165) is 153 Å². The van der Waals surface area contributed by atoms with Crippen LogP contribution in [0.5, 0.6) is 18.0 Å². The van der Waals surface area contributed by atoms with Crippen molar-refractivity contribution >= 4 is 73.9 Å². The zero-order valence-electron chi connectivity index (χ0n) is 75.2. The van der Waals surface area contributed by atoms with Gasteiger partial charge in [0.2, 0.25) is 30.8 Å². The lowest BCUT2D eigenvalue weighted by molar-refractivity contribution is -0.137. The molecule has 684 valence electrons. The number of piperazine rings is 3. The van der Waals surface area contributed by atoms with Crippen molar-refractivity contribution in [2.45, 2.75) is 152 Å². The molecule has 7 saturated heterocycles. The maximum Gasteiger partial charge on any atom is 0.418 e. The number of amides is 3. The number of alkyl halides is 3. The fraction of sp³-hybridized carbons (Fsp3) is 0.515. The minimum absolute atomic E-state index is 0.000427. The van der Waals surface area contributed by atoms with Gasteiger partial charge in [-0.2, -0.15) is 53.4 Å². The maximum atomic E-state index is 13.8. The second-order valence-electron chi connectivity index (χ2n) is 35.7. The van der Waals surface area contributed by atoms with Crippen LogP contribution < -0.4 is 43.6 Å². The number of nitrogens with zero attached hydrogens (tertiary/aromatic N) is 23. The summed E-state index contributed by atoms with van der Waals surface area (Å²) in [7, 11) is 6.34. The Kier molecular flexibility index (Phi) is 29.2. The lowest BCUT2D eigenvalue weighted by atomic mass is 10.0. The summed E-state index contributed by atoms with van der Waals surface area (Å²) in [5.74, 6) is 2.06. The quantitative estimate of drug-likeness (QED) is 0.0461. The average molecular weight is 1770 g/mol. The predicted molar refractivity (Wildman–Crippen MR) is 496 cm³/mol. The Hall–Kier alpha value is -12.2. The van der Waals surface area contributed by atoms with Crippen LogP contribution in [0, 0.1) is 31.4 Å². The van der Waals surface area contributed by atoms with E-state index in [-0.39, 0.29) is 79.6 Å². The SMILES string of the molecule is C=CC(=O)N1CCN(c2nc(OC[C@@H]3CCCN3C)nc3c2CCN(c2c(C)ccc4cn[nH]c24)C3)CC1CC#N.[C-]#[N+]C[C@H]1CN(c2nc(OC[C@@H]3CCCN3C)nc3c2CCN(c2cccc4ccccc24)C3)CCN1C(=O)/C=C/CN1CCCCC1.[C-]#[N+]C[C@H]1CN(c2nc(OC[C@@H]3CCCN3C)nc3c2CCN(c2ccccc2C(F)(F)F)C3)CCN1C(=O)C=C. The third-order valence-electron chi connectivity index (χ3n) is 27.6. The first-order chi connectivity index (χ1) is 63.2. The minimum atomic E-state index is -4.48. The molecule has 0 saturated carbocycles. The number of piperidine rings is 1. The summed E-state index contributed by atoms with van der Waals surface area (Å²) in [6, 6.07) is 28.3. The molecule has 14 heterocycles. The number of nitriles is 1. The van der Waals surface area contributed by atoms with E-state index in [1.165, 1.54) is 78.4 Å². The van der Waals surface area contributed by atoms with Crippen LogP contribution in [0.1, 0.15) is 109 Å². The molecule has 10 aliphatic heterocycles. The Bertz CT molecular complexity index is 5550. The summed E-state index contributed by atoms with van der Waals surface area (Å²) in [5, 5.41) is 20.5. The van der Waals surface area contributed by atoms with Gasteiger partial charge in [0.05, 0.1) is 78.2 Å². The number of aromatic amines is 1. The van der Waals surface area contributed by atoms with Crippen LogP contribution in [0.2, 0.25) is 0 Å². The van der Waals surface area contributed by atoms with E-state index in [4.69, 9.17) is 57.3 Å². The largest absolute Gasteiger partial charge is 0.462 e. The molecule has 10 aliphatic rings. The Morgan fingerprint density at radius 2 is 0.977 bits per heavy atom. The third-order valence-corrected chi connectivity index (χ3v) is 27.6. The average Bonchev–Trinajstić information content (AvgIpc) is 0.821. The molecule has 130 heavy (non-hydrogen) atoms. The lowest BCUT2D eigenvalue weighted by Gasteiger charge is -2.42. The van der Waals surface area contributed by atoms with E-state index in [9.17, 15) is 32.8 Å². The molecule has 33 heteroatoms. The van der Waals surface area contributed by atoms with Crippen molar-refractivity contribution in [2.75, 3.05) is 201 Å². The Labute approximate surface area is 759 Å². The lowest BCUT2D eigenvalue weighted by Crippen LogP contribution is -2.56. The molecule has 7 fully saturated rings. The summed E-state index contributed by atoms with van der Waals surface area (Å²) in [5.41, 5.74) is 9.72. The number of para-hydroxylation sites is 1. The van der Waals surface area contributed by atoms with Crippen LogP contribution in [0.4, 0.5) is 47.7 Å². The number of halogens is 3. The molecule has 4 aromatic heterocycles. The second-order valence-corrected chi connectivity index (χ2v) is 35.7. The summed E-state index contributed by atoms with van der Waals surface area (Å²) in [6.45, 7) is 40.8. The number of aryl methyl sites for hydroxylation is 1. The molecular weight excluding hydrogens is 1650 g/mol. The number of carbonyl (C=O) groups is 3. The number of hydrogen-bond acceptors (Lipinski definition) is 24. The molecule has 18 rings (SSSR count). The minimum Gasteiger partial charge on any atom is -0.462 e. The zero-order valence-corrected chi connectivity index (χ0v) is 75.2. The molecule has 6 atom stereocenters. The van der Waals surface area contributed by atoms with Gasteiger partial charge in [0.1, 0.15) is 49.4 Å². The van der Waals surface area contributed by atoms with Crippen LogP contribution in [0.25, 0.3) is 31.4 Å². The summed E-state index contributed by atoms with van der Waals surface area (Å²) < 4.78 is 60.2. The monoisotopic (exact) mass is 1770 g/mol. The van der Waals surface area contributed by atoms with E-state index in [1.54, 1.807) is 26.8 Å². The highest BCUT2D eigenvalue weighted by Gasteiger charge is 2.42. The number of fused-ring (bicyclic) bond motifs is 5. The van der Waals surface area contributed by atoms with Gasteiger partial charge >= 0.3 is 24.2 Å². The fourth-order valence-corrected chi connectivity index (χ4v) is 20.4. The Morgan fingerprint density at radius 3 is 1.48 bits per heavy atom. The number of hydrogen-bond donors (Lipinski definition) is 1. The van der Waals surface area contributed by atoms with Gasteiger partial charge in [-0.05, 0) is 173 Å². The van der Waals surface area contributed by atoms with Gasteiger partial charge in [-0.3, -0.25) is 24.4 Å². The van der Waals surface area contributed by atoms with Crippen molar-refractivity contribution in [1.29, 1.82) is 5.26 Å². The number of benzene rings is 4. The smallest absolute Gasteiger partial charge is 0.418 e. The van der Waals surface area contributed by atoms with E-state index in [1.807, 2.05) is 17.2 Å². The van der Waals surface area contributed by atoms with Crippen molar-refractivity contribution in [3.05, 3.63) is 190 Å². The number of carbonyl (C=O) groups excluding carboxylic acids is 3. The molecule has 1 N–H and O–H groups in total. The number of H-pyrrole nitrogens is 1. The standard InChI is InChI=1S/C38H48N8O2.C30H37N9O2.C29H34F3N7O2/c1-39-25-31-26-45(23-24-46(31)36(47)16-10-21-43-19-6-3-7-20-43)37-33-17-22-44(35-15-8-12-29-11-4-5-14-32(29)35)27-34(33)40-38(41-37)48-28-30-13-9-18-42(30)2;1-4-26(40)39-15-14-38(17-22(39)9-11-31)29-24-10-13-37(28-20(2)7-8-21-16-32-35-27(21)28)18-25(24)33-30(34-29)41-19-23-6-5-12-36(23)3;1-4-26(40)39-15-14-38(17-21(39)16-33-2)27-22-11-13-37(25-10-6-5-9-23(25)29(30,31)32)18-24(22)34-28(35-27)41-19-20-8-7-12-36(20)3/h4-5,8,10-12,14-16,30-31H,3,6-7,9,13,17-28H2,2H3;4,7-8,16,22-23H,1,5-6,9-10,12-15,17-19H2,2-3H3,(H,32,35);4-6,9-10,20-21H,1,7-8,11-19H2,3H3/b16-10+;;/t30-,31-;22?,23-;20-,21-/m000/s1. The number of aromatic nitrogens is 8. The molecule has 0 spiro atoms. The maximum absolute atomic E-state index is 13.8. The number of ether oxygens (including phenoxy) is 3. The molecule has 3 amide bonds. The molecule has 30 nitrogen and oxygen atoms in total. The fourth-order valence-electron chi connectivity index (χ4n) is 20.4. The summed E-state index contributed by atoms with van der Waals surface area (Å²) in [6.07, 6.45) is 16.4. The number of likely N-dealkylation sites (tertiary alicyclic amines) is 4. The molecule has 1 unspecified atom stereocenters. The second kappa shape index (κ2) is 41.7. The van der Waals surface area contributed by atoms with Crippen LogP contribution >= 0.6 is 0 Å². The molecular formula is C97H119F3N24O6. The van der Waals surface area contributed by atoms with Crippen LogP contribution in [-0.2, 0) is 59.5 Å². The van der Waals surface area contributed by atoms with Crippen molar-refractivity contribution < 1.29 is 41.8 Å². The summed E-state index contributed by atoms with van der Waals surface area (Å²) in [4.78, 5) is 103. The van der Waals surface area contributed by atoms with E-state index >= 15 is 0 Å². The van der Waals surface area contributed by atoms with Gasteiger partial charge in [0.15, 0.2) is 0 Å². The zero-order chi connectivity index (χ0) is 90.5. The number of likely N-dealkylation sites (N-methyl/N-ethyl adjacent to an activating group) is 3. The first-order valence-electron chi connectivity index (χ1n) is 46.1. The van der Waals surface area contributed by atoms with E-state index in [2.05, 4.69) is 166 Å². The van der Waals surface area contributed by atoms with Crippen LogP contribution in [0.3, 0.4) is 0 Å². The first kappa shape index (κ1) is 91.1. The molecule has 8 aromatic rings.